The van der Waals surface area contributed by atoms with Gasteiger partial charge in [-0.25, -0.2) is 9.97 Å². The molecular formula is C22H23N7OS. The Bertz CT molecular complexity index is 1160. The molecule has 0 unspecified atom stereocenters. The number of hydrogen-bond acceptors (Lipinski definition) is 8. The number of fused-ring (bicyclic) bond motifs is 1. The molecule has 0 atom stereocenters. The number of carbonyl (C=O) groups is 1. The summed E-state index contributed by atoms with van der Waals surface area (Å²) in [6, 6.07) is 11.4. The number of nitrogens with zero attached hydrogens (tertiary/aromatic N) is 4. The summed E-state index contributed by atoms with van der Waals surface area (Å²) in [5.74, 6) is 0.989. The number of amides is 1. The first-order valence-electron chi connectivity index (χ1n) is 9.77. The predicted octanol–water partition coefficient (Wildman–Crippen LogP) is 3.30. The van der Waals surface area contributed by atoms with Crippen LogP contribution < -0.4 is 10.2 Å². The summed E-state index contributed by atoms with van der Waals surface area (Å²) in [5.41, 5.74) is 2.38. The largest absolute Gasteiger partial charge is 0.353 e. The number of hydrogen-bond donors (Lipinski definition) is 3. The van der Waals surface area contributed by atoms with Gasteiger partial charge in [0, 0.05) is 48.0 Å². The topological polar surface area (TPSA) is 109 Å². The molecule has 1 saturated heterocycles. The quantitative estimate of drug-likeness (QED) is 0.407. The van der Waals surface area contributed by atoms with Gasteiger partial charge in [-0.1, -0.05) is 23.9 Å². The summed E-state index contributed by atoms with van der Waals surface area (Å²) in [5, 5.41) is 20.1. The molecule has 3 N–H and O–H groups in total. The number of pyridine rings is 2. The van der Waals surface area contributed by atoms with E-state index in [-0.39, 0.29) is 5.91 Å². The SMILES string of the molecule is CN(C)C1CN(c2cc(C(=O)Nc3cc4cc(C(=N)SC=N)ccc4cn3)ccn2)C1. The van der Waals surface area contributed by atoms with Crippen molar-refractivity contribution in [3.8, 4) is 0 Å². The molecule has 1 fully saturated rings. The molecule has 0 aliphatic carbocycles. The summed E-state index contributed by atoms with van der Waals surface area (Å²) in [7, 11) is 4.13. The van der Waals surface area contributed by atoms with Crippen molar-refractivity contribution >= 4 is 50.7 Å². The van der Waals surface area contributed by atoms with Gasteiger partial charge in [0.1, 0.15) is 11.6 Å². The van der Waals surface area contributed by atoms with Gasteiger partial charge in [0.2, 0.25) is 0 Å². The van der Waals surface area contributed by atoms with Crippen LogP contribution in [0.1, 0.15) is 15.9 Å². The highest BCUT2D eigenvalue weighted by molar-refractivity contribution is 8.25. The monoisotopic (exact) mass is 433 g/mol. The Kier molecular flexibility index (Phi) is 5.97. The zero-order valence-corrected chi connectivity index (χ0v) is 18.1. The van der Waals surface area contributed by atoms with E-state index in [2.05, 4.69) is 39.2 Å². The molecule has 4 rings (SSSR count). The standard InChI is InChI=1S/C22H23N7OS/c1-28(2)18-11-29(12-18)20-9-15(5-6-25-20)22(30)27-19-8-17-7-14(21(24)31-13-23)3-4-16(17)10-26-19/h3-10,13,18,23-24H,11-12H2,1-2H3,(H,26,27,30). The molecule has 3 heterocycles. The molecule has 0 saturated carbocycles. The van der Waals surface area contributed by atoms with Crippen molar-refractivity contribution < 1.29 is 4.79 Å². The van der Waals surface area contributed by atoms with E-state index in [9.17, 15) is 4.79 Å². The van der Waals surface area contributed by atoms with Crippen LogP contribution in [0.15, 0.2) is 48.8 Å². The summed E-state index contributed by atoms with van der Waals surface area (Å²) >= 11 is 1.04. The smallest absolute Gasteiger partial charge is 0.257 e. The fourth-order valence-electron chi connectivity index (χ4n) is 3.37. The lowest BCUT2D eigenvalue weighted by Crippen LogP contribution is -2.57. The van der Waals surface area contributed by atoms with Crippen molar-refractivity contribution in [3.05, 3.63) is 59.9 Å². The van der Waals surface area contributed by atoms with Gasteiger partial charge in [-0.3, -0.25) is 10.2 Å². The first kappa shape index (κ1) is 21.0. The second kappa shape index (κ2) is 8.83. The van der Waals surface area contributed by atoms with Gasteiger partial charge in [-0.2, -0.15) is 0 Å². The number of rotatable bonds is 6. The Morgan fingerprint density at radius 3 is 2.71 bits per heavy atom. The van der Waals surface area contributed by atoms with Crippen molar-refractivity contribution in [2.75, 3.05) is 37.4 Å². The lowest BCUT2D eigenvalue weighted by Gasteiger charge is -2.43. The van der Waals surface area contributed by atoms with Crippen LogP contribution in [0.25, 0.3) is 10.8 Å². The molecule has 1 aromatic carbocycles. The third-order valence-electron chi connectivity index (χ3n) is 5.33. The highest BCUT2D eigenvalue weighted by Gasteiger charge is 2.29. The zero-order valence-electron chi connectivity index (χ0n) is 17.3. The first-order chi connectivity index (χ1) is 14.9. The van der Waals surface area contributed by atoms with Crippen LogP contribution >= 0.6 is 11.8 Å². The maximum atomic E-state index is 12.8. The highest BCUT2D eigenvalue weighted by atomic mass is 32.2. The van der Waals surface area contributed by atoms with Crippen LogP contribution in [0.4, 0.5) is 11.6 Å². The van der Waals surface area contributed by atoms with E-state index in [1.165, 1.54) is 0 Å². The third kappa shape index (κ3) is 4.57. The van der Waals surface area contributed by atoms with Crippen LogP contribution in [0.5, 0.6) is 0 Å². The van der Waals surface area contributed by atoms with E-state index in [0.29, 0.717) is 28.0 Å². The number of benzene rings is 1. The number of likely N-dealkylation sites (N-methyl/N-ethyl adjacent to an activating group) is 1. The molecule has 9 heteroatoms. The van der Waals surface area contributed by atoms with Crippen LogP contribution in [0.2, 0.25) is 0 Å². The number of anilines is 2. The number of nitrogens with one attached hydrogen (secondary N) is 3. The Hall–Kier alpha value is -3.30. The van der Waals surface area contributed by atoms with E-state index in [1.807, 2.05) is 18.2 Å². The molecule has 1 aliphatic rings. The van der Waals surface area contributed by atoms with E-state index in [0.717, 1.165) is 47.0 Å². The molecule has 158 valence electrons. The molecule has 0 bridgehead atoms. The van der Waals surface area contributed by atoms with Gasteiger partial charge in [-0.15, -0.1) is 0 Å². The number of aromatic nitrogens is 2. The van der Waals surface area contributed by atoms with Gasteiger partial charge in [0.05, 0.1) is 10.6 Å². The average Bonchev–Trinajstić information content (AvgIpc) is 2.72. The third-order valence-corrected chi connectivity index (χ3v) is 5.92. The lowest BCUT2D eigenvalue weighted by atomic mass is 10.1. The normalized spacial score (nSPS) is 13.8. The maximum absolute atomic E-state index is 12.8. The molecule has 0 radical (unpaired) electrons. The predicted molar refractivity (Wildman–Crippen MR) is 127 cm³/mol. The van der Waals surface area contributed by atoms with Crippen LogP contribution in [0, 0.1) is 10.8 Å². The molecule has 1 aliphatic heterocycles. The minimum atomic E-state index is -0.247. The molecule has 1 amide bonds. The number of thioether (sulfide) groups is 1. The van der Waals surface area contributed by atoms with Gasteiger partial charge >= 0.3 is 0 Å². The minimum Gasteiger partial charge on any atom is -0.353 e. The van der Waals surface area contributed by atoms with Crippen molar-refractivity contribution in [3.63, 3.8) is 0 Å². The van der Waals surface area contributed by atoms with Crippen LogP contribution in [0.3, 0.4) is 0 Å². The fraction of sp³-hybridized carbons (Fsp3) is 0.227. The summed E-state index contributed by atoms with van der Waals surface area (Å²) in [4.78, 5) is 25.9. The van der Waals surface area contributed by atoms with Crippen molar-refractivity contribution in [2.24, 2.45) is 0 Å². The maximum Gasteiger partial charge on any atom is 0.257 e. The van der Waals surface area contributed by atoms with Crippen LogP contribution in [-0.2, 0) is 0 Å². The Morgan fingerprint density at radius 2 is 1.97 bits per heavy atom. The van der Waals surface area contributed by atoms with Gasteiger partial charge in [-0.05, 0) is 43.7 Å². The average molecular weight is 434 g/mol. The molecule has 2 aromatic heterocycles. The highest BCUT2D eigenvalue weighted by Crippen LogP contribution is 2.23. The van der Waals surface area contributed by atoms with E-state index in [4.69, 9.17) is 10.8 Å². The van der Waals surface area contributed by atoms with Crippen molar-refractivity contribution in [1.82, 2.24) is 14.9 Å². The first-order valence-corrected chi connectivity index (χ1v) is 10.7. The lowest BCUT2D eigenvalue weighted by molar-refractivity contribution is 0.102. The summed E-state index contributed by atoms with van der Waals surface area (Å²) in [6.07, 6.45) is 3.35. The Labute approximate surface area is 184 Å². The van der Waals surface area contributed by atoms with E-state index < -0.39 is 0 Å². The fourth-order valence-corrected chi connectivity index (χ4v) is 3.75. The molecule has 3 aromatic rings. The second-order valence-corrected chi connectivity index (χ2v) is 8.46. The van der Waals surface area contributed by atoms with Crippen molar-refractivity contribution in [2.45, 2.75) is 6.04 Å². The molecular weight excluding hydrogens is 410 g/mol. The van der Waals surface area contributed by atoms with Crippen LogP contribution in [-0.4, -0.2) is 64.6 Å². The summed E-state index contributed by atoms with van der Waals surface area (Å²) in [6.45, 7) is 1.79. The number of carbonyl (C=O) groups excluding carboxylic acids is 1. The van der Waals surface area contributed by atoms with E-state index in [1.54, 1.807) is 30.6 Å². The van der Waals surface area contributed by atoms with Gasteiger partial charge in [0.25, 0.3) is 5.91 Å². The van der Waals surface area contributed by atoms with Crippen molar-refractivity contribution in [1.29, 1.82) is 10.8 Å². The second-order valence-electron chi connectivity index (χ2n) is 7.58. The molecule has 31 heavy (non-hydrogen) atoms. The van der Waals surface area contributed by atoms with Gasteiger partial charge < -0.3 is 20.5 Å². The molecule has 8 nitrogen and oxygen atoms in total. The minimum absolute atomic E-state index is 0.247. The summed E-state index contributed by atoms with van der Waals surface area (Å²) < 4.78 is 0. The molecule has 0 spiro atoms. The van der Waals surface area contributed by atoms with E-state index >= 15 is 0 Å². The Morgan fingerprint density at radius 1 is 1.16 bits per heavy atom. The Balaban J connectivity index is 1.50. The zero-order chi connectivity index (χ0) is 22.0. The van der Waals surface area contributed by atoms with Gasteiger partial charge in [0.15, 0.2) is 0 Å².